The van der Waals surface area contributed by atoms with Gasteiger partial charge in [-0.05, 0) is 23.3 Å². The fraction of sp³-hybridized carbons (Fsp3) is 0.167. The van der Waals surface area contributed by atoms with Crippen LogP contribution in [0.2, 0.25) is 0 Å². The van der Waals surface area contributed by atoms with Crippen LogP contribution in [0.3, 0.4) is 0 Å². The van der Waals surface area contributed by atoms with E-state index in [2.05, 4.69) is 22.7 Å². The average molecular weight is 306 g/mol. The van der Waals surface area contributed by atoms with Crippen LogP contribution < -0.4 is 10.4 Å². The standard InChI is InChI=1S/C18H18N4O/c1-14(23)20-19-13-15-7-9-17(10-8-15)22-12-11-18(21-22)16-5-3-2-4-6-16/h2-10,13H,11-12H2,1H3,(H,20,23)/b19-13+. The van der Waals surface area contributed by atoms with Crippen LogP contribution in [0.25, 0.3) is 0 Å². The van der Waals surface area contributed by atoms with E-state index in [1.54, 1.807) is 6.21 Å². The number of carbonyl (C=O) groups is 1. The molecular formula is C18H18N4O. The number of carbonyl (C=O) groups excluding carboxylic acids is 1. The highest BCUT2D eigenvalue weighted by molar-refractivity contribution is 6.02. The number of anilines is 1. The summed E-state index contributed by atoms with van der Waals surface area (Å²) >= 11 is 0. The third-order valence-corrected chi connectivity index (χ3v) is 3.54. The zero-order valence-corrected chi connectivity index (χ0v) is 12.9. The smallest absolute Gasteiger partial charge is 0.236 e. The number of rotatable bonds is 4. The van der Waals surface area contributed by atoms with Gasteiger partial charge in [0.2, 0.25) is 5.91 Å². The molecule has 5 nitrogen and oxygen atoms in total. The number of nitrogens with one attached hydrogen (secondary N) is 1. The van der Waals surface area contributed by atoms with Gasteiger partial charge in [-0.1, -0.05) is 42.5 Å². The maximum atomic E-state index is 10.8. The molecule has 0 radical (unpaired) electrons. The predicted molar refractivity (Wildman–Crippen MR) is 92.8 cm³/mol. The molecule has 1 aliphatic heterocycles. The Kier molecular flexibility index (Phi) is 4.47. The van der Waals surface area contributed by atoms with Crippen LogP contribution in [0.5, 0.6) is 0 Å². The molecule has 1 heterocycles. The van der Waals surface area contributed by atoms with E-state index in [0.29, 0.717) is 0 Å². The highest BCUT2D eigenvalue weighted by atomic mass is 16.2. The number of hydrogen-bond acceptors (Lipinski definition) is 4. The van der Waals surface area contributed by atoms with Crippen LogP contribution in [0.1, 0.15) is 24.5 Å². The van der Waals surface area contributed by atoms with E-state index in [1.165, 1.54) is 12.5 Å². The first-order valence-electron chi connectivity index (χ1n) is 7.52. The van der Waals surface area contributed by atoms with Crippen molar-refractivity contribution < 1.29 is 4.79 Å². The van der Waals surface area contributed by atoms with Gasteiger partial charge in [0.1, 0.15) is 0 Å². The van der Waals surface area contributed by atoms with E-state index in [9.17, 15) is 4.79 Å². The summed E-state index contributed by atoms with van der Waals surface area (Å²) in [7, 11) is 0. The lowest BCUT2D eigenvalue weighted by Gasteiger charge is -2.13. The third kappa shape index (κ3) is 3.83. The second-order valence-corrected chi connectivity index (χ2v) is 5.30. The summed E-state index contributed by atoms with van der Waals surface area (Å²) in [4.78, 5) is 10.8. The molecule has 1 amide bonds. The van der Waals surface area contributed by atoms with Crippen molar-refractivity contribution in [1.29, 1.82) is 0 Å². The van der Waals surface area contributed by atoms with Crippen LogP contribution in [0.15, 0.2) is 64.8 Å². The fourth-order valence-corrected chi connectivity index (χ4v) is 2.41. The van der Waals surface area contributed by atoms with Gasteiger partial charge in [0, 0.05) is 19.9 Å². The van der Waals surface area contributed by atoms with Crippen LogP contribution in [-0.2, 0) is 4.79 Å². The van der Waals surface area contributed by atoms with Gasteiger partial charge in [0.25, 0.3) is 0 Å². The largest absolute Gasteiger partial charge is 0.274 e. The monoisotopic (exact) mass is 306 g/mol. The van der Waals surface area contributed by atoms with Crippen molar-refractivity contribution in [3.8, 4) is 0 Å². The van der Waals surface area contributed by atoms with E-state index >= 15 is 0 Å². The van der Waals surface area contributed by atoms with Crippen molar-refractivity contribution in [3.63, 3.8) is 0 Å². The summed E-state index contributed by atoms with van der Waals surface area (Å²) in [5.74, 6) is -0.183. The zero-order chi connectivity index (χ0) is 16.1. The maximum Gasteiger partial charge on any atom is 0.236 e. The van der Waals surface area contributed by atoms with Crippen LogP contribution in [-0.4, -0.2) is 24.4 Å². The number of hydrogen-bond donors (Lipinski definition) is 1. The van der Waals surface area contributed by atoms with Crippen molar-refractivity contribution in [1.82, 2.24) is 5.43 Å². The molecule has 0 unspecified atom stereocenters. The molecule has 0 aromatic heterocycles. The van der Waals surface area contributed by atoms with Crippen molar-refractivity contribution >= 4 is 23.5 Å². The van der Waals surface area contributed by atoms with E-state index < -0.39 is 0 Å². The molecule has 5 heteroatoms. The Morgan fingerprint density at radius 2 is 1.91 bits per heavy atom. The molecule has 116 valence electrons. The van der Waals surface area contributed by atoms with Gasteiger partial charge < -0.3 is 0 Å². The minimum atomic E-state index is -0.183. The maximum absolute atomic E-state index is 10.8. The second-order valence-electron chi connectivity index (χ2n) is 5.30. The predicted octanol–water partition coefficient (Wildman–Crippen LogP) is 2.77. The molecule has 0 spiro atoms. The molecule has 1 aliphatic rings. The molecule has 3 rings (SSSR count). The zero-order valence-electron chi connectivity index (χ0n) is 12.9. The molecule has 23 heavy (non-hydrogen) atoms. The van der Waals surface area contributed by atoms with E-state index in [4.69, 9.17) is 5.10 Å². The first kappa shape index (κ1) is 15.0. The molecule has 1 N–H and O–H groups in total. The lowest BCUT2D eigenvalue weighted by molar-refractivity contribution is -0.118. The van der Waals surface area contributed by atoms with Gasteiger partial charge in [-0.3, -0.25) is 9.80 Å². The number of amides is 1. The Hall–Kier alpha value is -2.95. The van der Waals surface area contributed by atoms with E-state index in [0.717, 1.165) is 29.9 Å². The lowest BCUT2D eigenvalue weighted by atomic mass is 10.1. The topological polar surface area (TPSA) is 57.1 Å². The third-order valence-electron chi connectivity index (χ3n) is 3.54. The van der Waals surface area contributed by atoms with Crippen LogP contribution in [0.4, 0.5) is 5.69 Å². The minimum Gasteiger partial charge on any atom is -0.274 e. The average Bonchev–Trinajstić information content (AvgIpc) is 3.06. The lowest BCUT2D eigenvalue weighted by Crippen LogP contribution is -2.12. The minimum absolute atomic E-state index is 0.183. The van der Waals surface area contributed by atoms with Crippen molar-refractivity contribution in [2.75, 3.05) is 11.6 Å². The molecule has 0 fully saturated rings. The number of nitrogens with zero attached hydrogens (tertiary/aromatic N) is 3. The Labute approximate surface area is 135 Å². The highest BCUT2D eigenvalue weighted by Crippen LogP contribution is 2.21. The van der Waals surface area contributed by atoms with E-state index in [-0.39, 0.29) is 5.91 Å². The number of benzene rings is 2. The molecular weight excluding hydrogens is 288 g/mol. The van der Waals surface area contributed by atoms with Gasteiger partial charge in [-0.15, -0.1) is 0 Å². The summed E-state index contributed by atoms with van der Waals surface area (Å²) in [6.45, 7) is 2.31. The summed E-state index contributed by atoms with van der Waals surface area (Å²) in [5, 5.41) is 10.6. The Bertz CT molecular complexity index is 735. The van der Waals surface area contributed by atoms with Crippen molar-refractivity contribution in [2.45, 2.75) is 13.3 Å². The summed E-state index contributed by atoms with van der Waals surface area (Å²) in [6, 6.07) is 18.2. The molecule has 0 saturated carbocycles. The number of hydrazone groups is 2. The molecule has 2 aromatic rings. The molecule has 2 aromatic carbocycles. The Balaban J connectivity index is 1.70. The van der Waals surface area contributed by atoms with Gasteiger partial charge in [-0.25, -0.2) is 5.43 Å². The highest BCUT2D eigenvalue weighted by Gasteiger charge is 2.16. The summed E-state index contributed by atoms with van der Waals surface area (Å²) < 4.78 is 0. The molecule has 0 saturated heterocycles. The molecule has 0 bridgehead atoms. The van der Waals surface area contributed by atoms with E-state index in [1.807, 2.05) is 47.5 Å². The van der Waals surface area contributed by atoms with Gasteiger partial charge in [0.15, 0.2) is 0 Å². The quantitative estimate of drug-likeness (QED) is 0.697. The summed E-state index contributed by atoms with van der Waals surface area (Å²) in [5.41, 5.74) is 6.65. The van der Waals surface area contributed by atoms with Crippen molar-refractivity contribution in [2.24, 2.45) is 10.2 Å². The van der Waals surface area contributed by atoms with Gasteiger partial charge >= 0.3 is 0 Å². The first-order valence-corrected chi connectivity index (χ1v) is 7.52. The molecule has 0 atom stereocenters. The fourth-order valence-electron chi connectivity index (χ4n) is 2.41. The van der Waals surface area contributed by atoms with Crippen molar-refractivity contribution in [3.05, 3.63) is 65.7 Å². The molecule has 0 aliphatic carbocycles. The van der Waals surface area contributed by atoms with Gasteiger partial charge in [0.05, 0.1) is 17.6 Å². The SMILES string of the molecule is CC(=O)N/N=C/c1ccc(N2CCC(c3ccccc3)=N2)cc1. The van der Waals surface area contributed by atoms with Crippen LogP contribution in [0, 0.1) is 0 Å². The van der Waals surface area contributed by atoms with Crippen LogP contribution >= 0.6 is 0 Å². The normalized spacial score (nSPS) is 14.1. The second kappa shape index (κ2) is 6.87. The Morgan fingerprint density at radius 3 is 2.61 bits per heavy atom. The Morgan fingerprint density at radius 1 is 1.17 bits per heavy atom. The summed E-state index contributed by atoms with van der Waals surface area (Å²) in [6.07, 6.45) is 2.56. The first-order chi connectivity index (χ1) is 11.2. The van der Waals surface area contributed by atoms with Gasteiger partial charge in [-0.2, -0.15) is 10.2 Å².